The van der Waals surface area contributed by atoms with Gasteiger partial charge in [0, 0.05) is 17.2 Å². The van der Waals surface area contributed by atoms with Gasteiger partial charge in [0.2, 0.25) is 0 Å². The van der Waals surface area contributed by atoms with E-state index in [2.05, 4.69) is 52.2 Å². The predicted molar refractivity (Wildman–Crippen MR) is 134 cm³/mol. The number of hydrogen-bond acceptors (Lipinski definition) is 5. The van der Waals surface area contributed by atoms with Crippen LogP contribution in [0.15, 0.2) is 53.1 Å². The number of aliphatic hydroxyl groups is 1. The highest BCUT2D eigenvalue weighted by molar-refractivity contribution is 9.10. The smallest absolute Gasteiger partial charge is 0.135 e. The summed E-state index contributed by atoms with van der Waals surface area (Å²) in [4.78, 5) is 0. The molecule has 9 heteroatoms. The van der Waals surface area contributed by atoms with Gasteiger partial charge in [-0.25, -0.2) is 9.07 Å². The normalized spacial score (nSPS) is 13.5. The molecule has 0 aliphatic carbocycles. The minimum Gasteiger partial charge on any atom is -0.492 e. The molecule has 1 aromatic heterocycles. The predicted octanol–water partition coefficient (Wildman–Crippen LogP) is 5.53. The monoisotopic (exact) mass is 552 g/mol. The Labute approximate surface area is 213 Å². The maximum atomic E-state index is 12.6. The second-order valence-corrected chi connectivity index (χ2v) is 10.1. The summed E-state index contributed by atoms with van der Waals surface area (Å²) in [5, 5.41) is 17.6. The largest absolute Gasteiger partial charge is 0.492 e. The van der Waals surface area contributed by atoms with Crippen LogP contribution in [0.4, 0.5) is 4.39 Å². The van der Waals surface area contributed by atoms with Gasteiger partial charge in [0.05, 0.1) is 23.8 Å². The molecule has 2 aromatic carbocycles. The van der Waals surface area contributed by atoms with Gasteiger partial charge in [-0.15, -0.1) is 16.7 Å². The SMILES string of the molecule is C[C@H](CCl)COc1ccc(C(C)(C)c2ccc(OC[C@H](O)Cn3cc(C[18F])nn3)cc2)cc1Br. The van der Waals surface area contributed by atoms with Crippen LogP contribution in [-0.4, -0.2) is 45.3 Å². The van der Waals surface area contributed by atoms with Crippen molar-refractivity contribution in [1.29, 1.82) is 0 Å². The van der Waals surface area contributed by atoms with E-state index in [1.165, 1.54) is 10.9 Å². The summed E-state index contributed by atoms with van der Waals surface area (Å²) < 4.78 is 26.5. The van der Waals surface area contributed by atoms with Gasteiger partial charge in [-0.2, -0.15) is 0 Å². The van der Waals surface area contributed by atoms with Crippen molar-refractivity contribution in [3.8, 4) is 11.5 Å². The zero-order valence-corrected chi connectivity index (χ0v) is 21.9. The van der Waals surface area contributed by atoms with Gasteiger partial charge in [0.25, 0.3) is 0 Å². The molecule has 0 unspecified atom stereocenters. The molecule has 0 aliphatic heterocycles. The van der Waals surface area contributed by atoms with E-state index in [-0.39, 0.29) is 30.2 Å². The average Bonchev–Trinajstić information content (AvgIpc) is 3.29. The van der Waals surface area contributed by atoms with Crippen LogP contribution in [-0.2, 0) is 18.6 Å². The van der Waals surface area contributed by atoms with E-state index < -0.39 is 12.8 Å². The first-order valence-electron chi connectivity index (χ1n) is 11.1. The first kappa shape index (κ1) is 26.4. The maximum absolute atomic E-state index is 12.6. The lowest BCUT2D eigenvalue weighted by Gasteiger charge is -2.27. The van der Waals surface area contributed by atoms with Crippen molar-refractivity contribution < 1.29 is 19.0 Å². The Bertz CT molecular complexity index is 1060. The number of alkyl halides is 2. The van der Waals surface area contributed by atoms with E-state index in [1.807, 2.05) is 37.3 Å². The number of rotatable bonds is 12. The van der Waals surface area contributed by atoms with E-state index in [4.69, 9.17) is 21.1 Å². The standard InChI is InChI=1S/C25H30BrClFN3O3/c1-17(11-27)15-34-24-9-6-19(10-23(24)26)25(2,3)18-4-7-22(8-5-18)33-16-21(32)14-31-13-20(12-28)29-30-31/h4-10,13,17,21,32H,11-12,14-16H2,1-3H3/t17-,21-/m1/s1/i28-1. The number of hydrogen-bond donors (Lipinski definition) is 1. The van der Waals surface area contributed by atoms with E-state index >= 15 is 0 Å². The van der Waals surface area contributed by atoms with Crippen molar-refractivity contribution in [3.05, 3.63) is 70.0 Å². The van der Waals surface area contributed by atoms with E-state index in [0.29, 0.717) is 18.2 Å². The molecule has 6 nitrogen and oxygen atoms in total. The maximum Gasteiger partial charge on any atom is 0.135 e. The molecule has 0 bridgehead atoms. The highest BCUT2D eigenvalue weighted by atomic mass is 79.9. The van der Waals surface area contributed by atoms with Crippen molar-refractivity contribution in [2.24, 2.45) is 5.92 Å². The van der Waals surface area contributed by atoms with Gasteiger partial charge >= 0.3 is 0 Å². The van der Waals surface area contributed by atoms with Crippen LogP contribution >= 0.6 is 27.5 Å². The summed E-state index contributed by atoms with van der Waals surface area (Å²) in [6.07, 6.45) is 0.674. The van der Waals surface area contributed by atoms with Gasteiger partial charge in [-0.1, -0.05) is 44.2 Å². The van der Waals surface area contributed by atoms with Crippen LogP contribution in [0.5, 0.6) is 11.5 Å². The highest BCUT2D eigenvalue weighted by Crippen LogP contribution is 2.36. The number of benzene rings is 2. The first-order chi connectivity index (χ1) is 16.2. The molecule has 184 valence electrons. The van der Waals surface area contributed by atoms with Crippen LogP contribution in [0, 0.1) is 5.92 Å². The molecular weight excluding hydrogens is 524 g/mol. The molecular formula is C25H30BrClFN3O3. The Morgan fingerprint density at radius 1 is 1.12 bits per heavy atom. The fourth-order valence-electron chi connectivity index (χ4n) is 3.37. The highest BCUT2D eigenvalue weighted by Gasteiger charge is 2.24. The third-order valence-electron chi connectivity index (χ3n) is 5.58. The summed E-state index contributed by atoms with van der Waals surface area (Å²) in [6, 6.07) is 14.0. The summed E-state index contributed by atoms with van der Waals surface area (Å²) in [7, 11) is 0. The van der Waals surface area contributed by atoms with E-state index in [1.54, 1.807) is 0 Å². The molecule has 0 amide bonds. The van der Waals surface area contributed by atoms with Gasteiger partial charge in [0.15, 0.2) is 0 Å². The third-order valence-corrected chi connectivity index (χ3v) is 6.73. The Hall–Kier alpha value is -2.16. The second kappa shape index (κ2) is 12.0. The van der Waals surface area contributed by atoms with Crippen LogP contribution in [0.1, 0.15) is 37.6 Å². The molecule has 1 heterocycles. The van der Waals surface area contributed by atoms with Gasteiger partial charge in [-0.05, 0) is 51.3 Å². The Morgan fingerprint density at radius 3 is 2.44 bits per heavy atom. The number of nitrogens with zero attached hydrogens (tertiary/aromatic N) is 3. The summed E-state index contributed by atoms with van der Waals surface area (Å²) >= 11 is 9.49. The van der Waals surface area contributed by atoms with Crippen LogP contribution in [0.25, 0.3) is 0 Å². The first-order valence-corrected chi connectivity index (χ1v) is 12.4. The second-order valence-electron chi connectivity index (χ2n) is 8.90. The lowest BCUT2D eigenvalue weighted by Crippen LogP contribution is -2.24. The molecule has 3 rings (SSSR count). The zero-order valence-electron chi connectivity index (χ0n) is 19.5. The minimum absolute atomic E-state index is 0.0876. The number of halogens is 3. The number of ether oxygens (including phenoxy) is 2. The minimum atomic E-state index is -0.796. The zero-order chi connectivity index (χ0) is 24.7. The van der Waals surface area contributed by atoms with Crippen molar-refractivity contribution in [3.63, 3.8) is 0 Å². The van der Waals surface area contributed by atoms with Crippen LogP contribution in [0.2, 0.25) is 0 Å². The Morgan fingerprint density at radius 2 is 1.82 bits per heavy atom. The molecule has 0 radical (unpaired) electrons. The van der Waals surface area contributed by atoms with Gasteiger partial charge in [-0.3, -0.25) is 0 Å². The van der Waals surface area contributed by atoms with Crippen molar-refractivity contribution in [2.75, 3.05) is 19.1 Å². The molecule has 0 saturated heterocycles. The lowest BCUT2D eigenvalue weighted by molar-refractivity contribution is 0.0888. The topological polar surface area (TPSA) is 69.4 Å². The molecule has 2 atom stereocenters. The lowest BCUT2D eigenvalue weighted by atomic mass is 9.78. The molecule has 3 aromatic rings. The summed E-state index contributed by atoms with van der Waals surface area (Å²) in [5.41, 5.74) is 2.25. The Kier molecular flexibility index (Phi) is 9.33. The fraction of sp³-hybridized carbons (Fsp3) is 0.440. The third kappa shape index (κ3) is 6.93. The van der Waals surface area contributed by atoms with Crippen LogP contribution < -0.4 is 9.47 Å². The van der Waals surface area contributed by atoms with Gasteiger partial charge in [0.1, 0.15) is 36.6 Å². The molecule has 1 N–H and O–H groups in total. The van der Waals surface area contributed by atoms with Crippen LogP contribution in [0.3, 0.4) is 0 Å². The molecule has 0 spiro atoms. The number of aliphatic hydroxyl groups excluding tert-OH is 1. The molecule has 0 saturated carbocycles. The fourth-order valence-corrected chi connectivity index (χ4v) is 3.95. The average molecular weight is 554 g/mol. The van der Waals surface area contributed by atoms with Crippen molar-refractivity contribution in [1.82, 2.24) is 15.0 Å². The quantitative estimate of drug-likeness (QED) is 0.299. The van der Waals surface area contributed by atoms with E-state index in [9.17, 15) is 9.50 Å². The van der Waals surface area contributed by atoms with Crippen molar-refractivity contribution >= 4 is 27.5 Å². The summed E-state index contributed by atoms with van der Waals surface area (Å²) in [6.45, 7) is 6.52. The number of aromatic nitrogens is 3. The molecule has 0 fully saturated rings. The molecule has 34 heavy (non-hydrogen) atoms. The van der Waals surface area contributed by atoms with Crippen molar-refractivity contribution in [2.45, 2.75) is 45.5 Å². The molecule has 0 aliphatic rings. The Balaban J connectivity index is 1.59. The van der Waals surface area contributed by atoms with E-state index in [0.717, 1.165) is 21.3 Å². The summed E-state index contributed by atoms with van der Waals surface area (Å²) in [5.74, 6) is 2.29. The van der Waals surface area contributed by atoms with Gasteiger partial charge < -0.3 is 14.6 Å².